The molecule has 7 nitrogen and oxygen atoms in total. The number of piperidine rings is 1. The molecule has 0 aliphatic carbocycles. The Morgan fingerprint density at radius 2 is 2.10 bits per heavy atom. The molecule has 0 spiro atoms. The van der Waals surface area contributed by atoms with E-state index in [9.17, 15) is 13.2 Å². The highest BCUT2D eigenvalue weighted by Gasteiger charge is 2.33. The number of hydrogen-bond acceptors (Lipinski definition) is 6. The van der Waals surface area contributed by atoms with Gasteiger partial charge in [-0.05, 0) is 61.5 Å². The average Bonchev–Trinajstić information content (AvgIpc) is 3.22. The zero-order valence-electron chi connectivity index (χ0n) is 16.4. The summed E-state index contributed by atoms with van der Waals surface area (Å²) in [7, 11) is 0.268. The fourth-order valence-electron chi connectivity index (χ4n) is 3.47. The maximum absolute atomic E-state index is 12.8. The number of sulfonamides is 1. The van der Waals surface area contributed by atoms with Gasteiger partial charge in [0.2, 0.25) is 15.9 Å². The van der Waals surface area contributed by atoms with Crippen LogP contribution in [0.25, 0.3) is 0 Å². The second-order valence-corrected chi connectivity index (χ2v) is 10.3. The highest BCUT2D eigenvalue weighted by Crippen LogP contribution is 2.27. The molecule has 29 heavy (non-hydrogen) atoms. The lowest BCUT2D eigenvalue weighted by atomic mass is 9.97. The van der Waals surface area contributed by atoms with E-state index in [1.165, 1.54) is 22.1 Å². The molecule has 158 valence electrons. The molecule has 2 aromatic heterocycles. The number of pyridine rings is 1. The van der Waals surface area contributed by atoms with E-state index in [1.54, 1.807) is 17.4 Å². The number of hydrogen-bond donors (Lipinski definition) is 1. The monoisotopic (exact) mass is 456 g/mol. The van der Waals surface area contributed by atoms with Gasteiger partial charge in [-0.1, -0.05) is 11.6 Å². The van der Waals surface area contributed by atoms with E-state index in [-0.39, 0.29) is 41.0 Å². The third-order valence-electron chi connectivity index (χ3n) is 5.19. The molecular formula is C19H25ClN4O3S2. The van der Waals surface area contributed by atoms with Gasteiger partial charge in [0.05, 0.1) is 6.04 Å². The predicted molar refractivity (Wildman–Crippen MR) is 114 cm³/mol. The Kier molecular flexibility index (Phi) is 7.28. The lowest BCUT2D eigenvalue weighted by Gasteiger charge is -2.31. The van der Waals surface area contributed by atoms with Crippen LogP contribution >= 0.6 is 22.9 Å². The largest absolute Gasteiger partial charge is 0.354 e. The highest BCUT2D eigenvalue weighted by atomic mass is 35.5. The van der Waals surface area contributed by atoms with Crippen molar-refractivity contribution < 1.29 is 13.2 Å². The third-order valence-corrected chi connectivity index (χ3v) is 8.23. The molecule has 1 atom stereocenters. The van der Waals surface area contributed by atoms with Gasteiger partial charge in [-0.25, -0.2) is 13.4 Å². The Morgan fingerprint density at radius 1 is 1.38 bits per heavy atom. The molecule has 3 rings (SSSR count). The molecule has 1 N–H and O–H groups in total. The first-order valence-corrected chi connectivity index (χ1v) is 12.1. The summed E-state index contributed by atoms with van der Waals surface area (Å²) in [6, 6.07) is 5.18. The van der Waals surface area contributed by atoms with Gasteiger partial charge >= 0.3 is 0 Å². The molecule has 1 aliphatic heterocycles. The van der Waals surface area contributed by atoms with Crippen LogP contribution < -0.4 is 5.32 Å². The van der Waals surface area contributed by atoms with Crippen LogP contribution in [-0.2, 0) is 14.8 Å². The lowest BCUT2D eigenvalue weighted by Crippen LogP contribution is -2.44. The number of nitrogens with zero attached hydrogens (tertiary/aromatic N) is 3. The molecule has 1 unspecified atom stereocenters. The zero-order chi connectivity index (χ0) is 21.0. The Bertz CT molecular complexity index is 927. The second-order valence-electron chi connectivity index (χ2n) is 7.25. The van der Waals surface area contributed by atoms with E-state index >= 15 is 0 Å². The number of amides is 1. The maximum Gasteiger partial charge on any atom is 0.246 e. The number of rotatable bonds is 7. The van der Waals surface area contributed by atoms with Crippen molar-refractivity contribution in [1.82, 2.24) is 19.5 Å². The summed E-state index contributed by atoms with van der Waals surface area (Å²) < 4.78 is 27.0. The molecule has 2 aromatic rings. The van der Waals surface area contributed by atoms with Crippen molar-refractivity contribution in [2.75, 3.05) is 33.7 Å². The fraction of sp³-hybridized carbons (Fsp3) is 0.474. The van der Waals surface area contributed by atoms with Gasteiger partial charge in [-0.15, -0.1) is 0 Å². The minimum atomic E-state index is -3.71. The summed E-state index contributed by atoms with van der Waals surface area (Å²) in [5, 5.41) is 7.12. The van der Waals surface area contributed by atoms with E-state index in [2.05, 4.69) is 26.6 Å². The van der Waals surface area contributed by atoms with E-state index in [1.807, 2.05) is 19.5 Å². The molecular weight excluding hydrogens is 432 g/mol. The summed E-state index contributed by atoms with van der Waals surface area (Å²) >= 11 is 7.60. The molecule has 3 heterocycles. The van der Waals surface area contributed by atoms with E-state index in [4.69, 9.17) is 11.6 Å². The van der Waals surface area contributed by atoms with Crippen molar-refractivity contribution in [3.63, 3.8) is 0 Å². The van der Waals surface area contributed by atoms with Gasteiger partial charge in [-0.2, -0.15) is 15.6 Å². The highest BCUT2D eigenvalue weighted by molar-refractivity contribution is 7.89. The molecule has 0 radical (unpaired) electrons. The van der Waals surface area contributed by atoms with Gasteiger partial charge in [-0.3, -0.25) is 4.79 Å². The van der Waals surface area contributed by atoms with Gasteiger partial charge in [0, 0.05) is 31.7 Å². The van der Waals surface area contributed by atoms with Crippen molar-refractivity contribution in [3.8, 4) is 0 Å². The molecule has 1 saturated heterocycles. The van der Waals surface area contributed by atoms with Crippen LogP contribution in [0.15, 0.2) is 40.1 Å². The van der Waals surface area contributed by atoms with Crippen LogP contribution in [0.4, 0.5) is 0 Å². The van der Waals surface area contributed by atoms with Crippen LogP contribution in [0.1, 0.15) is 24.4 Å². The normalized spacial score (nSPS) is 17.4. The first kappa shape index (κ1) is 22.2. The third kappa shape index (κ3) is 5.16. The van der Waals surface area contributed by atoms with Gasteiger partial charge in [0.25, 0.3) is 0 Å². The van der Waals surface area contributed by atoms with Crippen LogP contribution in [0.2, 0.25) is 5.15 Å². The van der Waals surface area contributed by atoms with Crippen LogP contribution in [0.5, 0.6) is 0 Å². The Hall–Kier alpha value is -1.52. The topological polar surface area (TPSA) is 82.6 Å². The zero-order valence-corrected chi connectivity index (χ0v) is 18.8. The smallest absolute Gasteiger partial charge is 0.246 e. The summed E-state index contributed by atoms with van der Waals surface area (Å²) in [5.41, 5.74) is 1.18. The van der Waals surface area contributed by atoms with E-state index in [0.29, 0.717) is 19.4 Å². The second kappa shape index (κ2) is 9.53. The van der Waals surface area contributed by atoms with Crippen LogP contribution in [0, 0.1) is 5.92 Å². The molecule has 1 aliphatic rings. The lowest BCUT2D eigenvalue weighted by molar-refractivity contribution is -0.126. The van der Waals surface area contributed by atoms with Crippen molar-refractivity contribution in [1.29, 1.82) is 0 Å². The number of nitrogens with one attached hydrogen (secondary N) is 1. The quantitative estimate of drug-likeness (QED) is 0.647. The SMILES string of the molecule is CN(C)C(CNC(=O)C1CCN(S(=O)(=O)c2cccnc2Cl)CC1)c1ccsc1. The van der Waals surface area contributed by atoms with Crippen molar-refractivity contribution in [2.24, 2.45) is 5.92 Å². The molecule has 10 heteroatoms. The number of carbonyl (C=O) groups excluding carboxylic acids is 1. The molecule has 0 bridgehead atoms. The van der Waals surface area contributed by atoms with E-state index < -0.39 is 10.0 Å². The van der Waals surface area contributed by atoms with Crippen molar-refractivity contribution >= 4 is 38.9 Å². The molecule has 1 fully saturated rings. The molecule has 0 aromatic carbocycles. The molecule has 0 saturated carbocycles. The fourth-order valence-corrected chi connectivity index (χ4v) is 6.07. The van der Waals surface area contributed by atoms with Crippen LogP contribution in [0.3, 0.4) is 0 Å². The summed E-state index contributed by atoms with van der Waals surface area (Å²) in [4.78, 5) is 18.6. The number of likely N-dealkylation sites (N-methyl/N-ethyl adjacent to an activating group) is 1. The maximum atomic E-state index is 12.8. The first-order chi connectivity index (χ1) is 13.8. The van der Waals surface area contributed by atoms with Gasteiger partial charge < -0.3 is 10.2 Å². The summed E-state index contributed by atoms with van der Waals surface area (Å²) in [6.07, 6.45) is 2.41. The number of carbonyl (C=O) groups is 1. The standard InChI is InChI=1S/C19H25ClN4O3S2/c1-23(2)16(15-7-11-28-13-15)12-22-19(25)14-5-9-24(10-6-14)29(26,27)17-4-3-8-21-18(17)20/h3-4,7-8,11,13-14,16H,5-6,9-10,12H2,1-2H3,(H,22,25). The van der Waals surface area contributed by atoms with E-state index in [0.717, 1.165) is 0 Å². The Morgan fingerprint density at radius 3 is 2.69 bits per heavy atom. The summed E-state index contributed by atoms with van der Waals surface area (Å²) in [5.74, 6) is -0.223. The van der Waals surface area contributed by atoms with Crippen LogP contribution in [-0.4, -0.2) is 62.2 Å². The Balaban J connectivity index is 1.56. The van der Waals surface area contributed by atoms with Crippen molar-refractivity contribution in [3.05, 3.63) is 45.9 Å². The first-order valence-electron chi connectivity index (χ1n) is 9.37. The predicted octanol–water partition coefficient (Wildman–Crippen LogP) is 2.62. The van der Waals surface area contributed by atoms with Gasteiger partial charge in [0.1, 0.15) is 10.0 Å². The minimum absolute atomic E-state index is 0.00848. The minimum Gasteiger partial charge on any atom is -0.354 e. The molecule has 1 amide bonds. The Labute approximate surface area is 180 Å². The van der Waals surface area contributed by atoms with Gasteiger partial charge in [0.15, 0.2) is 0 Å². The average molecular weight is 457 g/mol. The number of aromatic nitrogens is 1. The number of thiophene rings is 1. The number of halogens is 1. The summed E-state index contributed by atoms with van der Waals surface area (Å²) in [6.45, 7) is 1.09. The van der Waals surface area contributed by atoms with Crippen molar-refractivity contribution in [2.45, 2.75) is 23.8 Å².